The van der Waals surface area contributed by atoms with Gasteiger partial charge in [-0.25, -0.2) is 9.59 Å². The number of ether oxygens (including phenoxy) is 3. The van der Waals surface area contributed by atoms with Gasteiger partial charge in [0.05, 0.1) is 20.3 Å². The number of benzene rings is 2. The van der Waals surface area contributed by atoms with Crippen molar-refractivity contribution < 1.29 is 33.7 Å². The first kappa shape index (κ1) is 26.0. The molecule has 0 fully saturated rings. The highest BCUT2D eigenvalue weighted by atomic mass is 16.6. The lowest BCUT2D eigenvalue weighted by atomic mass is 9.93. The topological polar surface area (TPSA) is 114 Å². The Bertz CT molecular complexity index is 1050. The van der Waals surface area contributed by atoms with Crippen molar-refractivity contribution in [2.75, 3.05) is 13.7 Å². The summed E-state index contributed by atoms with van der Waals surface area (Å²) in [4.78, 5) is 39.3. The largest absolute Gasteiger partial charge is 0.489 e. The SMILES string of the molecule is COC(=O)[C@H](CO)NC(=O)[C@@H]1Cc2ccc(OCc3ccccc3)cc2CN1C(=O)OC(C)(C)C. The molecule has 9 nitrogen and oxygen atoms in total. The molecule has 0 radical (unpaired) electrons. The molecule has 188 valence electrons. The number of nitrogens with one attached hydrogen (secondary N) is 1. The first-order chi connectivity index (χ1) is 16.6. The summed E-state index contributed by atoms with van der Waals surface area (Å²) in [6, 6.07) is 13.1. The van der Waals surface area contributed by atoms with E-state index < -0.39 is 42.3 Å². The van der Waals surface area contributed by atoms with Crippen LogP contribution in [-0.2, 0) is 38.6 Å². The van der Waals surface area contributed by atoms with E-state index in [1.807, 2.05) is 48.5 Å². The molecule has 0 unspecified atom stereocenters. The van der Waals surface area contributed by atoms with Gasteiger partial charge in [0.1, 0.15) is 24.0 Å². The highest BCUT2D eigenvalue weighted by Crippen LogP contribution is 2.29. The smallest absolute Gasteiger partial charge is 0.411 e. The molecular weight excluding hydrogens is 452 g/mol. The summed E-state index contributed by atoms with van der Waals surface area (Å²) in [5.74, 6) is -0.720. The maximum Gasteiger partial charge on any atom is 0.411 e. The molecule has 1 aliphatic heterocycles. The highest BCUT2D eigenvalue weighted by molar-refractivity contribution is 5.90. The van der Waals surface area contributed by atoms with Gasteiger partial charge in [0.15, 0.2) is 6.04 Å². The maximum atomic E-state index is 13.1. The minimum absolute atomic E-state index is 0.118. The molecule has 0 saturated carbocycles. The van der Waals surface area contributed by atoms with Crippen LogP contribution in [0.5, 0.6) is 5.75 Å². The Labute approximate surface area is 205 Å². The van der Waals surface area contributed by atoms with Gasteiger partial charge in [-0.2, -0.15) is 0 Å². The number of fused-ring (bicyclic) bond motifs is 1. The molecule has 2 N–H and O–H groups in total. The van der Waals surface area contributed by atoms with E-state index in [-0.39, 0.29) is 13.0 Å². The Morgan fingerprint density at radius 1 is 1.11 bits per heavy atom. The number of methoxy groups -OCH3 is 1. The zero-order valence-electron chi connectivity index (χ0n) is 20.4. The number of amides is 2. The Balaban J connectivity index is 1.83. The number of aliphatic hydroxyl groups is 1. The van der Waals surface area contributed by atoms with Crippen molar-refractivity contribution in [2.24, 2.45) is 0 Å². The number of carbonyl (C=O) groups excluding carboxylic acids is 3. The van der Waals surface area contributed by atoms with E-state index in [0.717, 1.165) is 16.7 Å². The Kier molecular flexibility index (Phi) is 8.34. The zero-order chi connectivity index (χ0) is 25.6. The maximum absolute atomic E-state index is 13.1. The van der Waals surface area contributed by atoms with E-state index in [1.54, 1.807) is 20.8 Å². The van der Waals surface area contributed by atoms with E-state index in [9.17, 15) is 19.5 Å². The fraction of sp³-hybridized carbons (Fsp3) is 0.423. The average molecular weight is 485 g/mol. The van der Waals surface area contributed by atoms with Crippen LogP contribution in [0.25, 0.3) is 0 Å². The van der Waals surface area contributed by atoms with Gasteiger partial charge in [0.2, 0.25) is 5.91 Å². The van der Waals surface area contributed by atoms with Crippen LogP contribution >= 0.6 is 0 Å². The Morgan fingerprint density at radius 3 is 2.46 bits per heavy atom. The lowest BCUT2D eigenvalue weighted by molar-refractivity contribution is -0.147. The molecule has 1 heterocycles. The molecule has 0 saturated heterocycles. The third-order valence-electron chi connectivity index (χ3n) is 5.47. The fourth-order valence-electron chi connectivity index (χ4n) is 3.73. The van der Waals surface area contributed by atoms with E-state index >= 15 is 0 Å². The third-order valence-corrected chi connectivity index (χ3v) is 5.47. The molecule has 2 amide bonds. The van der Waals surface area contributed by atoms with Crippen LogP contribution < -0.4 is 10.1 Å². The summed E-state index contributed by atoms with van der Waals surface area (Å²) in [5.41, 5.74) is 1.97. The van der Waals surface area contributed by atoms with Gasteiger partial charge < -0.3 is 24.6 Å². The number of nitrogens with zero attached hydrogens (tertiary/aromatic N) is 1. The lowest BCUT2D eigenvalue weighted by Crippen LogP contribution is -2.57. The highest BCUT2D eigenvalue weighted by Gasteiger charge is 2.38. The molecule has 2 aromatic carbocycles. The van der Waals surface area contributed by atoms with Crippen molar-refractivity contribution in [2.45, 2.75) is 58.0 Å². The molecule has 1 aliphatic rings. The number of rotatable bonds is 7. The molecule has 0 aromatic heterocycles. The second-order valence-corrected chi connectivity index (χ2v) is 9.30. The average Bonchev–Trinajstić information content (AvgIpc) is 2.84. The van der Waals surface area contributed by atoms with E-state index in [4.69, 9.17) is 9.47 Å². The molecule has 0 spiro atoms. The van der Waals surface area contributed by atoms with Crippen molar-refractivity contribution in [1.29, 1.82) is 0 Å². The summed E-state index contributed by atoms with van der Waals surface area (Å²) in [7, 11) is 1.17. The standard InChI is InChI=1S/C26H32N2O7/c1-26(2,3)35-25(32)28-14-19-12-20(34-16-17-8-6-5-7-9-17)11-10-18(19)13-22(28)23(30)27-21(15-29)24(31)33-4/h5-12,21-22,29H,13-16H2,1-4H3,(H,27,30)/t21-,22-/m0/s1. The van der Waals surface area contributed by atoms with Gasteiger partial charge in [0.25, 0.3) is 0 Å². The first-order valence-electron chi connectivity index (χ1n) is 11.4. The predicted octanol–water partition coefficient (Wildman–Crippen LogP) is 2.58. The van der Waals surface area contributed by atoms with Gasteiger partial charge in [-0.15, -0.1) is 0 Å². The van der Waals surface area contributed by atoms with Crippen LogP contribution in [0.15, 0.2) is 48.5 Å². The number of carbonyl (C=O) groups is 3. The fourth-order valence-corrected chi connectivity index (χ4v) is 3.73. The summed E-state index contributed by atoms with van der Waals surface area (Å²) in [6.07, 6.45) is -0.448. The summed E-state index contributed by atoms with van der Waals surface area (Å²) in [6.45, 7) is 5.12. The van der Waals surface area contributed by atoms with Gasteiger partial charge in [0, 0.05) is 6.42 Å². The number of hydrogen-bond donors (Lipinski definition) is 2. The molecule has 35 heavy (non-hydrogen) atoms. The van der Waals surface area contributed by atoms with Crippen molar-refractivity contribution in [1.82, 2.24) is 10.2 Å². The number of aliphatic hydroxyl groups excluding tert-OH is 1. The van der Waals surface area contributed by atoms with Gasteiger partial charge in [-0.1, -0.05) is 36.4 Å². The number of hydrogen-bond acceptors (Lipinski definition) is 7. The van der Waals surface area contributed by atoms with Gasteiger partial charge in [-0.3, -0.25) is 9.69 Å². The van der Waals surface area contributed by atoms with Crippen molar-refractivity contribution in [3.8, 4) is 5.75 Å². The second kappa shape index (κ2) is 11.2. The quantitative estimate of drug-likeness (QED) is 0.581. The summed E-state index contributed by atoms with van der Waals surface area (Å²) >= 11 is 0. The third kappa shape index (κ3) is 6.95. The Hall–Kier alpha value is -3.59. The van der Waals surface area contributed by atoms with Crippen LogP contribution in [0.4, 0.5) is 4.79 Å². The molecule has 9 heteroatoms. The predicted molar refractivity (Wildman–Crippen MR) is 128 cm³/mol. The molecule has 2 aromatic rings. The van der Waals surface area contributed by atoms with Crippen molar-refractivity contribution in [3.63, 3.8) is 0 Å². The van der Waals surface area contributed by atoms with Crippen LogP contribution in [0.1, 0.15) is 37.5 Å². The van der Waals surface area contributed by atoms with Crippen molar-refractivity contribution >= 4 is 18.0 Å². The lowest BCUT2D eigenvalue weighted by Gasteiger charge is -2.37. The van der Waals surface area contributed by atoms with Gasteiger partial charge >= 0.3 is 12.1 Å². The first-order valence-corrected chi connectivity index (χ1v) is 11.4. The second-order valence-electron chi connectivity index (χ2n) is 9.30. The monoisotopic (exact) mass is 484 g/mol. The van der Waals surface area contributed by atoms with E-state index in [2.05, 4.69) is 10.1 Å². The van der Waals surface area contributed by atoms with Gasteiger partial charge in [-0.05, 0) is 49.6 Å². The van der Waals surface area contributed by atoms with E-state index in [0.29, 0.717) is 12.4 Å². The molecule has 0 aliphatic carbocycles. The normalized spacial score (nSPS) is 16.0. The molecule has 2 atom stereocenters. The van der Waals surface area contributed by atoms with E-state index in [1.165, 1.54) is 12.0 Å². The van der Waals surface area contributed by atoms with Crippen molar-refractivity contribution in [3.05, 3.63) is 65.2 Å². The van der Waals surface area contributed by atoms with Crippen LogP contribution in [-0.4, -0.2) is 59.4 Å². The molecule has 3 rings (SSSR count). The van der Waals surface area contributed by atoms with Crippen LogP contribution in [0.2, 0.25) is 0 Å². The Morgan fingerprint density at radius 2 is 1.83 bits per heavy atom. The number of esters is 1. The summed E-state index contributed by atoms with van der Waals surface area (Å²) in [5, 5.41) is 12.0. The minimum atomic E-state index is -1.23. The van der Waals surface area contributed by atoms with Crippen LogP contribution in [0, 0.1) is 0 Å². The summed E-state index contributed by atoms with van der Waals surface area (Å²) < 4.78 is 16.1. The molecular formula is C26H32N2O7. The zero-order valence-corrected chi connectivity index (χ0v) is 20.4. The van der Waals surface area contributed by atoms with Crippen LogP contribution in [0.3, 0.4) is 0 Å². The minimum Gasteiger partial charge on any atom is -0.489 e. The molecule has 0 bridgehead atoms.